The monoisotopic (exact) mass is 258 g/mol. The summed E-state index contributed by atoms with van der Waals surface area (Å²) < 4.78 is 0. The first-order valence-electron chi connectivity index (χ1n) is 7.95. The standard InChI is InChI=1S/C17H26N2/c1-2-7-15(13-19-17-10-11-17)14(5-1)6-3-4-12-18-16-8-9-16/h1-2,5,7,16-19H,3-4,6,8-13H2. The molecule has 1 aromatic rings. The number of hydrogen-bond donors (Lipinski definition) is 2. The second-order valence-electron chi connectivity index (χ2n) is 6.11. The smallest absolute Gasteiger partial charge is 0.0210 e. The fraction of sp³-hybridized carbons (Fsp3) is 0.647. The van der Waals surface area contributed by atoms with Gasteiger partial charge in [-0.25, -0.2) is 0 Å². The van der Waals surface area contributed by atoms with Crippen LogP contribution in [0.15, 0.2) is 24.3 Å². The lowest BCUT2D eigenvalue weighted by atomic mass is 10.0. The highest BCUT2D eigenvalue weighted by molar-refractivity contribution is 5.27. The van der Waals surface area contributed by atoms with Crippen molar-refractivity contribution in [2.45, 2.75) is 63.6 Å². The van der Waals surface area contributed by atoms with Gasteiger partial charge in [0.1, 0.15) is 0 Å². The molecule has 2 saturated carbocycles. The highest BCUT2D eigenvalue weighted by Crippen LogP contribution is 2.21. The first kappa shape index (κ1) is 13.1. The molecule has 0 spiro atoms. The van der Waals surface area contributed by atoms with E-state index in [0.29, 0.717) is 0 Å². The van der Waals surface area contributed by atoms with E-state index in [9.17, 15) is 0 Å². The van der Waals surface area contributed by atoms with Gasteiger partial charge >= 0.3 is 0 Å². The zero-order valence-corrected chi connectivity index (χ0v) is 11.8. The van der Waals surface area contributed by atoms with E-state index in [1.165, 1.54) is 57.1 Å². The summed E-state index contributed by atoms with van der Waals surface area (Å²) in [5, 5.41) is 7.22. The summed E-state index contributed by atoms with van der Waals surface area (Å²) in [7, 11) is 0. The lowest BCUT2D eigenvalue weighted by Crippen LogP contribution is -2.18. The SMILES string of the molecule is c1ccc(CNC2CC2)c(CCCCNC2CC2)c1. The van der Waals surface area contributed by atoms with E-state index in [1.54, 1.807) is 5.56 Å². The molecule has 3 rings (SSSR count). The van der Waals surface area contributed by atoms with Crippen LogP contribution in [0.3, 0.4) is 0 Å². The molecule has 0 unspecified atom stereocenters. The highest BCUT2D eigenvalue weighted by Gasteiger charge is 2.20. The Morgan fingerprint density at radius 3 is 2.26 bits per heavy atom. The molecule has 2 aliphatic carbocycles. The number of nitrogens with one attached hydrogen (secondary N) is 2. The molecule has 0 aromatic heterocycles. The van der Waals surface area contributed by atoms with Gasteiger partial charge in [0.25, 0.3) is 0 Å². The molecule has 0 radical (unpaired) electrons. The summed E-state index contributed by atoms with van der Waals surface area (Å²) in [5.74, 6) is 0. The molecule has 104 valence electrons. The molecule has 1 aromatic carbocycles. The van der Waals surface area contributed by atoms with Gasteiger partial charge in [0, 0.05) is 18.6 Å². The van der Waals surface area contributed by atoms with Crippen molar-refractivity contribution < 1.29 is 0 Å². The third-order valence-corrected chi connectivity index (χ3v) is 4.16. The Kier molecular flexibility index (Phi) is 4.52. The van der Waals surface area contributed by atoms with Crippen LogP contribution in [0, 0.1) is 0 Å². The van der Waals surface area contributed by atoms with Gasteiger partial charge in [0.2, 0.25) is 0 Å². The van der Waals surface area contributed by atoms with E-state index in [4.69, 9.17) is 0 Å². The van der Waals surface area contributed by atoms with Crippen LogP contribution in [0.4, 0.5) is 0 Å². The number of aryl methyl sites for hydroxylation is 1. The van der Waals surface area contributed by atoms with Crippen LogP contribution in [0.1, 0.15) is 49.7 Å². The van der Waals surface area contributed by atoms with Gasteiger partial charge in [-0.05, 0) is 62.6 Å². The number of benzene rings is 1. The maximum absolute atomic E-state index is 3.63. The summed E-state index contributed by atoms with van der Waals surface area (Å²) in [6.45, 7) is 2.26. The number of rotatable bonds is 9. The van der Waals surface area contributed by atoms with Gasteiger partial charge in [-0.2, -0.15) is 0 Å². The Labute approximate surface area is 117 Å². The topological polar surface area (TPSA) is 24.1 Å². The van der Waals surface area contributed by atoms with E-state index < -0.39 is 0 Å². The zero-order valence-electron chi connectivity index (χ0n) is 11.8. The minimum atomic E-state index is 0.802. The van der Waals surface area contributed by atoms with Crippen molar-refractivity contribution in [1.29, 1.82) is 0 Å². The molecular formula is C17H26N2. The van der Waals surface area contributed by atoms with Crippen LogP contribution in [0.25, 0.3) is 0 Å². The third kappa shape index (κ3) is 4.63. The molecule has 2 nitrogen and oxygen atoms in total. The maximum Gasteiger partial charge on any atom is 0.0210 e. The van der Waals surface area contributed by atoms with Gasteiger partial charge in [-0.1, -0.05) is 24.3 Å². The van der Waals surface area contributed by atoms with Crippen molar-refractivity contribution in [1.82, 2.24) is 10.6 Å². The minimum Gasteiger partial charge on any atom is -0.314 e. The molecule has 0 bridgehead atoms. The quantitative estimate of drug-likeness (QED) is 0.665. The molecule has 0 heterocycles. The van der Waals surface area contributed by atoms with Crippen molar-refractivity contribution in [2.75, 3.05) is 6.54 Å². The first-order chi connectivity index (χ1) is 9.42. The minimum absolute atomic E-state index is 0.802. The van der Waals surface area contributed by atoms with E-state index in [-0.39, 0.29) is 0 Å². The van der Waals surface area contributed by atoms with Gasteiger partial charge in [0.05, 0.1) is 0 Å². The summed E-state index contributed by atoms with van der Waals surface area (Å²) in [6.07, 6.45) is 9.38. The summed E-state index contributed by atoms with van der Waals surface area (Å²) in [6, 6.07) is 10.6. The van der Waals surface area contributed by atoms with Crippen molar-refractivity contribution in [3.8, 4) is 0 Å². The lowest BCUT2D eigenvalue weighted by molar-refractivity contribution is 0.616. The van der Waals surface area contributed by atoms with Gasteiger partial charge in [-0.15, -0.1) is 0 Å². The van der Waals surface area contributed by atoms with Crippen LogP contribution in [-0.2, 0) is 13.0 Å². The second-order valence-corrected chi connectivity index (χ2v) is 6.11. The highest BCUT2D eigenvalue weighted by atomic mass is 14.9. The molecule has 0 aliphatic heterocycles. The van der Waals surface area contributed by atoms with Crippen LogP contribution in [-0.4, -0.2) is 18.6 Å². The Bertz CT molecular complexity index is 394. The maximum atomic E-state index is 3.63. The molecule has 0 saturated heterocycles. The number of unbranched alkanes of at least 4 members (excludes halogenated alkanes) is 1. The van der Waals surface area contributed by atoms with Gasteiger partial charge in [-0.3, -0.25) is 0 Å². The summed E-state index contributed by atoms with van der Waals surface area (Å²) in [5.41, 5.74) is 3.05. The molecule has 0 amide bonds. The second kappa shape index (κ2) is 6.53. The van der Waals surface area contributed by atoms with Crippen LogP contribution >= 0.6 is 0 Å². The molecule has 2 aliphatic rings. The molecule has 19 heavy (non-hydrogen) atoms. The predicted octanol–water partition coefficient (Wildman–Crippen LogP) is 3.01. The van der Waals surface area contributed by atoms with Crippen LogP contribution in [0.2, 0.25) is 0 Å². The summed E-state index contributed by atoms with van der Waals surface area (Å²) in [4.78, 5) is 0. The van der Waals surface area contributed by atoms with Crippen molar-refractivity contribution in [3.05, 3.63) is 35.4 Å². The molecule has 2 fully saturated rings. The average molecular weight is 258 g/mol. The van der Waals surface area contributed by atoms with Crippen molar-refractivity contribution in [3.63, 3.8) is 0 Å². The lowest BCUT2D eigenvalue weighted by Gasteiger charge is -2.10. The van der Waals surface area contributed by atoms with Crippen molar-refractivity contribution in [2.24, 2.45) is 0 Å². The fourth-order valence-electron chi connectivity index (χ4n) is 2.55. The van der Waals surface area contributed by atoms with Gasteiger partial charge in [0.15, 0.2) is 0 Å². The van der Waals surface area contributed by atoms with Crippen LogP contribution in [0.5, 0.6) is 0 Å². The Balaban J connectivity index is 1.39. The molecule has 2 heteroatoms. The van der Waals surface area contributed by atoms with E-state index in [1.807, 2.05) is 0 Å². The largest absolute Gasteiger partial charge is 0.314 e. The number of hydrogen-bond acceptors (Lipinski definition) is 2. The Hall–Kier alpha value is -0.860. The normalized spacial score (nSPS) is 18.7. The Morgan fingerprint density at radius 1 is 0.842 bits per heavy atom. The predicted molar refractivity (Wildman–Crippen MR) is 80.3 cm³/mol. The van der Waals surface area contributed by atoms with Crippen LogP contribution < -0.4 is 10.6 Å². The van der Waals surface area contributed by atoms with Crippen molar-refractivity contribution >= 4 is 0 Å². The zero-order chi connectivity index (χ0) is 12.9. The molecule has 2 N–H and O–H groups in total. The van der Waals surface area contributed by atoms with Gasteiger partial charge < -0.3 is 10.6 Å². The summed E-state index contributed by atoms with van der Waals surface area (Å²) >= 11 is 0. The first-order valence-corrected chi connectivity index (χ1v) is 7.95. The fourth-order valence-corrected chi connectivity index (χ4v) is 2.55. The van der Waals surface area contributed by atoms with E-state index in [0.717, 1.165) is 18.6 Å². The van der Waals surface area contributed by atoms with E-state index >= 15 is 0 Å². The molecule has 0 atom stereocenters. The Morgan fingerprint density at radius 2 is 1.53 bits per heavy atom. The average Bonchev–Trinajstić information content (AvgIpc) is 3.31. The third-order valence-electron chi connectivity index (χ3n) is 4.16. The molecular weight excluding hydrogens is 232 g/mol. The van der Waals surface area contributed by atoms with E-state index in [2.05, 4.69) is 34.9 Å².